The summed E-state index contributed by atoms with van der Waals surface area (Å²) in [6.07, 6.45) is 1.27. The Bertz CT molecular complexity index is 387. The van der Waals surface area contributed by atoms with Gasteiger partial charge < -0.3 is 14.6 Å². The number of ether oxygens (including phenoxy) is 2. The van der Waals surface area contributed by atoms with Crippen LogP contribution in [0.2, 0.25) is 0 Å². The lowest BCUT2D eigenvalue weighted by atomic mass is 10.0. The first kappa shape index (κ1) is 13.3. The van der Waals surface area contributed by atoms with Crippen LogP contribution in [0.25, 0.3) is 0 Å². The molecule has 0 aliphatic carbocycles. The van der Waals surface area contributed by atoms with Crippen molar-refractivity contribution in [3.05, 3.63) is 29.6 Å². The number of halogens is 1. The Balaban J connectivity index is 1.92. The van der Waals surface area contributed by atoms with E-state index in [9.17, 15) is 9.50 Å². The lowest BCUT2D eigenvalue weighted by Gasteiger charge is -2.22. The van der Waals surface area contributed by atoms with Crippen LogP contribution in [0.4, 0.5) is 4.39 Å². The fraction of sp³-hybridized carbons (Fsp3) is 0.571. The van der Waals surface area contributed by atoms with E-state index in [0.717, 1.165) is 26.1 Å². The SMILES string of the molecule is C[C@@H](O)c1ccc(OCC2CCOCC2)c(F)c1. The van der Waals surface area contributed by atoms with Crippen LogP contribution in [0.1, 0.15) is 31.4 Å². The molecule has 1 heterocycles. The smallest absolute Gasteiger partial charge is 0.165 e. The first-order valence-electron chi connectivity index (χ1n) is 6.35. The van der Waals surface area contributed by atoms with Gasteiger partial charge in [0, 0.05) is 13.2 Å². The van der Waals surface area contributed by atoms with Gasteiger partial charge in [-0.1, -0.05) is 6.07 Å². The Hall–Kier alpha value is -1.13. The molecule has 0 spiro atoms. The van der Waals surface area contributed by atoms with Gasteiger partial charge in [0.25, 0.3) is 0 Å². The molecule has 1 aromatic rings. The van der Waals surface area contributed by atoms with Crippen molar-refractivity contribution in [2.24, 2.45) is 5.92 Å². The van der Waals surface area contributed by atoms with Gasteiger partial charge in [-0.05, 0) is 43.4 Å². The zero-order valence-electron chi connectivity index (χ0n) is 10.6. The summed E-state index contributed by atoms with van der Waals surface area (Å²) in [6.45, 7) is 3.65. The van der Waals surface area contributed by atoms with Crippen LogP contribution in [-0.2, 0) is 4.74 Å². The number of aliphatic hydroxyl groups excluding tert-OH is 1. The van der Waals surface area contributed by atoms with Crippen LogP contribution in [0.3, 0.4) is 0 Å². The quantitative estimate of drug-likeness (QED) is 0.897. The Morgan fingerprint density at radius 3 is 2.78 bits per heavy atom. The van der Waals surface area contributed by atoms with Crippen LogP contribution in [0, 0.1) is 11.7 Å². The molecule has 3 nitrogen and oxygen atoms in total. The third-order valence-corrected chi connectivity index (χ3v) is 3.25. The van der Waals surface area contributed by atoms with Crippen molar-refractivity contribution in [2.45, 2.75) is 25.9 Å². The summed E-state index contributed by atoms with van der Waals surface area (Å²) in [7, 11) is 0. The van der Waals surface area contributed by atoms with E-state index < -0.39 is 11.9 Å². The number of hydrogen-bond donors (Lipinski definition) is 1. The summed E-state index contributed by atoms with van der Waals surface area (Å²) < 4.78 is 24.5. The summed E-state index contributed by atoms with van der Waals surface area (Å²) in [5.74, 6) is 0.279. The number of rotatable bonds is 4. The van der Waals surface area contributed by atoms with Gasteiger partial charge in [0.05, 0.1) is 12.7 Å². The molecule has 0 radical (unpaired) electrons. The Morgan fingerprint density at radius 2 is 2.17 bits per heavy atom. The van der Waals surface area contributed by atoms with Gasteiger partial charge in [0.2, 0.25) is 0 Å². The van der Waals surface area contributed by atoms with Crippen molar-refractivity contribution in [3.63, 3.8) is 0 Å². The second-order valence-corrected chi connectivity index (χ2v) is 4.73. The van der Waals surface area contributed by atoms with E-state index in [1.165, 1.54) is 6.07 Å². The predicted octanol–water partition coefficient (Wildman–Crippen LogP) is 2.68. The highest BCUT2D eigenvalue weighted by Crippen LogP contribution is 2.23. The van der Waals surface area contributed by atoms with Crippen molar-refractivity contribution in [2.75, 3.05) is 19.8 Å². The first-order valence-corrected chi connectivity index (χ1v) is 6.35. The average Bonchev–Trinajstić information content (AvgIpc) is 2.38. The number of hydrogen-bond acceptors (Lipinski definition) is 3. The molecule has 1 aliphatic heterocycles. The van der Waals surface area contributed by atoms with Crippen molar-refractivity contribution in [3.8, 4) is 5.75 Å². The molecule has 0 amide bonds. The standard InChI is InChI=1S/C14H19FO3/c1-10(16)12-2-3-14(13(15)8-12)18-9-11-4-6-17-7-5-11/h2-3,8,10-11,16H,4-7,9H2,1H3/t10-/m1/s1. The molecular weight excluding hydrogens is 235 g/mol. The molecule has 1 fully saturated rings. The van der Waals surface area contributed by atoms with Gasteiger partial charge in [-0.2, -0.15) is 0 Å². The van der Waals surface area contributed by atoms with Crippen molar-refractivity contribution < 1.29 is 19.0 Å². The third kappa shape index (κ3) is 3.43. The predicted molar refractivity (Wildman–Crippen MR) is 66.1 cm³/mol. The Labute approximate surface area is 107 Å². The molecule has 1 atom stereocenters. The summed E-state index contributed by atoms with van der Waals surface area (Å²) >= 11 is 0. The highest BCUT2D eigenvalue weighted by molar-refractivity contribution is 5.30. The minimum atomic E-state index is -0.663. The number of benzene rings is 1. The van der Waals surface area contributed by atoms with Crippen LogP contribution in [0.15, 0.2) is 18.2 Å². The molecular formula is C14H19FO3. The summed E-state index contributed by atoms with van der Waals surface area (Å²) in [5, 5.41) is 9.35. The zero-order chi connectivity index (χ0) is 13.0. The lowest BCUT2D eigenvalue weighted by Crippen LogP contribution is -2.21. The normalized spacial score (nSPS) is 18.6. The average molecular weight is 254 g/mol. The molecule has 1 aromatic carbocycles. The van der Waals surface area contributed by atoms with E-state index in [2.05, 4.69) is 0 Å². The minimum Gasteiger partial charge on any atom is -0.490 e. The van der Waals surface area contributed by atoms with E-state index in [0.29, 0.717) is 18.1 Å². The van der Waals surface area contributed by atoms with Gasteiger partial charge in [-0.15, -0.1) is 0 Å². The van der Waals surface area contributed by atoms with Gasteiger partial charge in [0.1, 0.15) is 0 Å². The van der Waals surface area contributed by atoms with E-state index >= 15 is 0 Å². The van der Waals surface area contributed by atoms with Crippen LogP contribution >= 0.6 is 0 Å². The van der Waals surface area contributed by atoms with Gasteiger partial charge >= 0.3 is 0 Å². The first-order chi connectivity index (χ1) is 8.66. The Kier molecular flexibility index (Phi) is 4.55. The molecule has 1 aliphatic rings. The molecule has 18 heavy (non-hydrogen) atoms. The monoisotopic (exact) mass is 254 g/mol. The summed E-state index contributed by atoms with van der Waals surface area (Å²) in [6, 6.07) is 4.59. The van der Waals surface area contributed by atoms with E-state index in [1.807, 2.05) is 0 Å². The highest BCUT2D eigenvalue weighted by Gasteiger charge is 2.15. The zero-order valence-corrected chi connectivity index (χ0v) is 10.6. The molecule has 0 saturated carbocycles. The molecule has 100 valence electrons. The largest absolute Gasteiger partial charge is 0.490 e. The molecule has 1 saturated heterocycles. The van der Waals surface area contributed by atoms with Crippen LogP contribution in [-0.4, -0.2) is 24.9 Å². The van der Waals surface area contributed by atoms with Crippen molar-refractivity contribution >= 4 is 0 Å². The number of aliphatic hydroxyl groups is 1. The maximum Gasteiger partial charge on any atom is 0.165 e. The van der Waals surface area contributed by atoms with Crippen LogP contribution < -0.4 is 4.74 Å². The summed E-state index contributed by atoms with van der Waals surface area (Å²) in [4.78, 5) is 0. The molecule has 4 heteroatoms. The van der Waals surface area contributed by atoms with E-state index in [-0.39, 0.29) is 5.75 Å². The lowest BCUT2D eigenvalue weighted by molar-refractivity contribution is 0.0491. The topological polar surface area (TPSA) is 38.7 Å². The molecule has 0 bridgehead atoms. The maximum atomic E-state index is 13.7. The second-order valence-electron chi connectivity index (χ2n) is 4.73. The maximum absolute atomic E-state index is 13.7. The van der Waals surface area contributed by atoms with Gasteiger partial charge in [0.15, 0.2) is 11.6 Å². The molecule has 2 rings (SSSR count). The molecule has 0 aromatic heterocycles. The molecule has 1 N–H and O–H groups in total. The fourth-order valence-electron chi connectivity index (χ4n) is 2.01. The van der Waals surface area contributed by atoms with Crippen LogP contribution in [0.5, 0.6) is 5.75 Å². The summed E-state index contributed by atoms with van der Waals surface area (Å²) in [5.41, 5.74) is 0.561. The minimum absolute atomic E-state index is 0.255. The third-order valence-electron chi connectivity index (χ3n) is 3.25. The Morgan fingerprint density at radius 1 is 1.44 bits per heavy atom. The van der Waals surface area contributed by atoms with E-state index in [1.54, 1.807) is 19.1 Å². The van der Waals surface area contributed by atoms with Gasteiger partial charge in [-0.3, -0.25) is 0 Å². The van der Waals surface area contributed by atoms with Crippen molar-refractivity contribution in [1.29, 1.82) is 0 Å². The van der Waals surface area contributed by atoms with Gasteiger partial charge in [-0.25, -0.2) is 4.39 Å². The molecule has 0 unspecified atom stereocenters. The van der Waals surface area contributed by atoms with Crippen molar-refractivity contribution in [1.82, 2.24) is 0 Å². The highest BCUT2D eigenvalue weighted by atomic mass is 19.1. The second kappa shape index (κ2) is 6.16. The van der Waals surface area contributed by atoms with E-state index in [4.69, 9.17) is 9.47 Å². The fourth-order valence-corrected chi connectivity index (χ4v) is 2.01.